The second-order valence-electron chi connectivity index (χ2n) is 6.12. The highest BCUT2D eigenvalue weighted by atomic mass is 16.4. The normalized spacial score (nSPS) is 14.2. The zero-order valence-electron chi connectivity index (χ0n) is 13.1. The molecule has 1 aromatic rings. The minimum absolute atomic E-state index is 0.0938. The molecule has 0 aromatic heterocycles. The number of nitrogens with one attached hydrogen (secondary N) is 1. The molecule has 0 fully saturated rings. The summed E-state index contributed by atoms with van der Waals surface area (Å²) in [5, 5.41) is 12.5. The molecule has 3 nitrogen and oxygen atoms in total. The van der Waals surface area contributed by atoms with Crippen LogP contribution >= 0.6 is 0 Å². The van der Waals surface area contributed by atoms with E-state index in [1.165, 1.54) is 5.56 Å². The SMILES string of the molecule is CCCNC(C)(CC(=O)O)c1ccc(CC(C)C)cc1. The molecule has 0 saturated heterocycles. The molecule has 1 atom stereocenters. The summed E-state index contributed by atoms with van der Waals surface area (Å²) in [6, 6.07) is 8.35. The summed E-state index contributed by atoms with van der Waals surface area (Å²) in [5.74, 6) is -0.146. The average molecular weight is 277 g/mol. The summed E-state index contributed by atoms with van der Waals surface area (Å²) in [6.07, 6.45) is 2.13. The maximum Gasteiger partial charge on any atom is 0.305 e. The number of carbonyl (C=O) groups is 1. The van der Waals surface area contributed by atoms with Crippen molar-refractivity contribution in [1.29, 1.82) is 0 Å². The zero-order chi connectivity index (χ0) is 15.2. The molecule has 0 radical (unpaired) electrons. The first-order valence-electron chi connectivity index (χ1n) is 7.43. The molecule has 0 spiro atoms. The van der Waals surface area contributed by atoms with Crippen molar-refractivity contribution in [2.24, 2.45) is 5.92 Å². The maximum absolute atomic E-state index is 11.1. The highest BCUT2D eigenvalue weighted by Gasteiger charge is 2.28. The van der Waals surface area contributed by atoms with Crippen molar-refractivity contribution in [3.63, 3.8) is 0 Å². The van der Waals surface area contributed by atoms with Gasteiger partial charge in [0.05, 0.1) is 12.0 Å². The van der Waals surface area contributed by atoms with Gasteiger partial charge in [0, 0.05) is 0 Å². The first-order valence-corrected chi connectivity index (χ1v) is 7.43. The van der Waals surface area contributed by atoms with E-state index in [-0.39, 0.29) is 6.42 Å². The third-order valence-electron chi connectivity index (χ3n) is 3.50. The summed E-state index contributed by atoms with van der Waals surface area (Å²) < 4.78 is 0. The molecule has 2 N–H and O–H groups in total. The molecule has 0 saturated carbocycles. The number of carboxylic acids is 1. The number of carboxylic acid groups (broad SMARTS) is 1. The summed E-state index contributed by atoms with van der Waals surface area (Å²) in [6.45, 7) is 9.27. The molecule has 1 unspecified atom stereocenters. The van der Waals surface area contributed by atoms with Gasteiger partial charge in [0.25, 0.3) is 0 Å². The molecular weight excluding hydrogens is 250 g/mol. The lowest BCUT2D eigenvalue weighted by Gasteiger charge is -2.30. The Balaban J connectivity index is 2.92. The topological polar surface area (TPSA) is 49.3 Å². The highest BCUT2D eigenvalue weighted by molar-refractivity contribution is 5.68. The van der Waals surface area contributed by atoms with E-state index in [0.717, 1.165) is 24.9 Å². The van der Waals surface area contributed by atoms with E-state index in [9.17, 15) is 4.79 Å². The van der Waals surface area contributed by atoms with Gasteiger partial charge in [-0.1, -0.05) is 45.0 Å². The molecular formula is C17H27NO2. The number of hydrogen-bond acceptors (Lipinski definition) is 2. The Bertz CT molecular complexity index is 425. The van der Waals surface area contributed by atoms with Gasteiger partial charge in [-0.25, -0.2) is 0 Å². The van der Waals surface area contributed by atoms with Crippen LogP contribution in [0.3, 0.4) is 0 Å². The van der Waals surface area contributed by atoms with Crippen LogP contribution in [0.25, 0.3) is 0 Å². The molecule has 0 amide bonds. The van der Waals surface area contributed by atoms with Crippen LogP contribution in [0.4, 0.5) is 0 Å². The van der Waals surface area contributed by atoms with Crippen molar-refractivity contribution in [1.82, 2.24) is 5.32 Å². The van der Waals surface area contributed by atoms with E-state index < -0.39 is 11.5 Å². The van der Waals surface area contributed by atoms with Crippen molar-refractivity contribution in [3.05, 3.63) is 35.4 Å². The molecule has 0 aliphatic heterocycles. The van der Waals surface area contributed by atoms with Crippen LogP contribution in [0, 0.1) is 5.92 Å². The van der Waals surface area contributed by atoms with Crippen LogP contribution in [0.15, 0.2) is 24.3 Å². The van der Waals surface area contributed by atoms with Gasteiger partial charge < -0.3 is 10.4 Å². The predicted molar refractivity (Wildman–Crippen MR) is 82.9 cm³/mol. The summed E-state index contributed by atoms with van der Waals surface area (Å²) >= 11 is 0. The monoisotopic (exact) mass is 277 g/mol. The molecule has 0 heterocycles. The maximum atomic E-state index is 11.1. The third-order valence-corrected chi connectivity index (χ3v) is 3.50. The second-order valence-corrected chi connectivity index (χ2v) is 6.12. The number of benzene rings is 1. The fraction of sp³-hybridized carbons (Fsp3) is 0.588. The van der Waals surface area contributed by atoms with Gasteiger partial charge in [-0.2, -0.15) is 0 Å². The first-order chi connectivity index (χ1) is 9.37. The van der Waals surface area contributed by atoms with Crippen LogP contribution in [-0.4, -0.2) is 17.6 Å². The van der Waals surface area contributed by atoms with Crippen LogP contribution in [0.1, 0.15) is 51.7 Å². The predicted octanol–water partition coefficient (Wildman–Crippen LogP) is 3.57. The van der Waals surface area contributed by atoms with Gasteiger partial charge in [-0.3, -0.25) is 4.79 Å². The molecule has 1 rings (SSSR count). The number of hydrogen-bond donors (Lipinski definition) is 2. The quantitative estimate of drug-likeness (QED) is 0.763. The lowest BCUT2D eigenvalue weighted by Crippen LogP contribution is -2.41. The molecule has 0 aliphatic carbocycles. The first kappa shape index (κ1) is 16.7. The number of aliphatic carboxylic acids is 1. The van der Waals surface area contributed by atoms with Crippen molar-refractivity contribution >= 4 is 5.97 Å². The second kappa shape index (κ2) is 7.44. The molecule has 20 heavy (non-hydrogen) atoms. The summed E-state index contributed by atoms with van der Waals surface area (Å²) in [4.78, 5) is 11.1. The van der Waals surface area contributed by atoms with Crippen molar-refractivity contribution in [2.75, 3.05) is 6.54 Å². The van der Waals surface area contributed by atoms with E-state index in [1.54, 1.807) is 0 Å². The Labute approximate surface area is 122 Å². The third kappa shape index (κ3) is 4.97. The van der Waals surface area contributed by atoms with E-state index in [0.29, 0.717) is 5.92 Å². The van der Waals surface area contributed by atoms with E-state index in [4.69, 9.17) is 5.11 Å². The van der Waals surface area contributed by atoms with Crippen molar-refractivity contribution in [2.45, 2.75) is 52.5 Å². The van der Waals surface area contributed by atoms with Crippen LogP contribution in [0.2, 0.25) is 0 Å². The lowest BCUT2D eigenvalue weighted by molar-refractivity contribution is -0.138. The standard InChI is InChI=1S/C17H27NO2/c1-5-10-18-17(4,12-16(19)20)15-8-6-14(7-9-15)11-13(2)3/h6-9,13,18H,5,10-12H2,1-4H3,(H,19,20). The van der Waals surface area contributed by atoms with Crippen molar-refractivity contribution < 1.29 is 9.90 Å². The Morgan fingerprint density at radius 1 is 1.30 bits per heavy atom. The fourth-order valence-electron chi connectivity index (χ4n) is 2.45. The molecule has 112 valence electrons. The molecule has 3 heteroatoms. The Morgan fingerprint density at radius 3 is 2.35 bits per heavy atom. The highest BCUT2D eigenvalue weighted by Crippen LogP contribution is 2.25. The summed E-state index contributed by atoms with van der Waals surface area (Å²) in [5.41, 5.74) is 1.84. The van der Waals surface area contributed by atoms with Crippen LogP contribution in [0.5, 0.6) is 0 Å². The minimum atomic E-state index is -0.776. The molecule has 0 bridgehead atoms. The van der Waals surface area contributed by atoms with Crippen LogP contribution in [-0.2, 0) is 16.8 Å². The van der Waals surface area contributed by atoms with Gasteiger partial charge in [0.1, 0.15) is 0 Å². The minimum Gasteiger partial charge on any atom is -0.481 e. The lowest BCUT2D eigenvalue weighted by atomic mass is 9.87. The van der Waals surface area contributed by atoms with E-state index >= 15 is 0 Å². The number of rotatable bonds is 8. The van der Waals surface area contributed by atoms with Crippen molar-refractivity contribution in [3.8, 4) is 0 Å². The molecule has 0 aliphatic rings. The van der Waals surface area contributed by atoms with E-state index in [2.05, 4.69) is 50.4 Å². The molecule has 1 aromatic carbocycles. The Hall–Kier alpha value is -1.35. The van der Waals surface area contributed by atoms with Gasteiger partial charge in [0.15, 0.2) is 0 Å². The smallest absolute Gasteiger partial charge is 0.305 e. The largest absolute Gasteiger partial charge is 0.481 e. The van der Waals surface area contributed by atoms with Gasteiger partial charge in [0.2, 0.25) is 0 Å². The fourth-order valence-corrected chi connectivity index (χ4v) is 2.45. The zero-order valence-corrected chi connectivity index (χ0v) is 13.1. The Morgan fingerprint density at radius 2 is 1.90 bits per heavy atom. The Kier molecular flexibility index (Phi) is 6.21. The van der Waals surface area contributed by atoms with E-state index in [1.807, 2.05) is 6.92 Å². The van der Waals surface area contributed by atoms with Crippen LogP contribution < -0.4 is 5.32 Å². The summed E-state index contributed by atoms with van der Waals surface area (Å²) in [7, 11) is 0. The van der Waals surface area contributed by atoms with Gasteiger partial charge >= 0.3 is 5.97 Å². The average Bonchev–Trinajstić information content (AvgIpc) is 2.35. The van der Waals surface area contributed by atoms with Gasteiger partial charge in [-0.15, -0.1) is 0 Å². The van der Waals surface area contributed by atoms with Gasteiger partial charge in [-0.05, 0) is 43.4 Å².